The molecule has 0 unspecified atom stereocenters. The summed E-state index contributed by atoms with van der Waals surface area (Å²) in [6.07, 6.45) is 0.905. The first-order valence-electron chi connectivity index (χ1n) is 4.28. The Labute approximate surface area is 116 Å². The van der Waals surface area contributed by atoms with Crippen LogP contribution in [0.3, 0.4) is 0 Å². The topological polar surface area (TPSA) is 58.6 Å². The molecule has 0 aliphatic rings. The Hall–Kier alpha value is -0.970. The van der Waals surface area contributed by atoms with Gasteiger partial charge in [-0.15, -0.1) is 0 Å². The Morgan fingerprint density at radius 2 is 1.81 bits per heavy atom. The van der Waals surface area contributed by atoms with Crippen molar-refractivity contribution in [3.05, 3.63) is 35.9 Å². The van der Waals surface area contributed by atoms with Gasteiger partial charge in [0.25, 0.3) is 0 Å². The number of methoxy groups -OCH3 is 2. The van der Waals surface area contributed by atoms with Gasteiger partial charge in [-0.25, -0.2) is 4.79 Å². The maximum atomic E-state index is 11.4. The van der Waals surface area contributed by atoms with E-state index >= 15 is 0 Å². The molecule has 1 aromatic carbocycles. The minimum atomic E-state index is -0.657. The van der Waals surface area contributed by atoms with Crippen LogP contribution in [0.25, 0.3) is 5.76 Å². The second kappa shape index (κ2) is 7.33. The second-order valence-electron chi connectivity index (χ2n) is 2.76. The van der Waals surface area contributed by atoms with Gasteiger partial charge in [0.05, 0.1) is 14.2 Å². The molecular formula is C11H11NaO4. The van der Waals surface area contributed by atoms with Crippen molar-refractivity contribution in [2.75, 3.05) is 14.2 Å². The fraction of sp³-hybridized carbons (Fsp3) is 0.182. The second-order valence-corrected chi connectivity index (χ2v) is 2.76. The molecule has 0 aromatic heterocycles. The van der Waals surface area contributed by atoms with E-state index in [1.54, 1.807) is 24.3 Å². The minimum Gasteiger partial charge on any atom is -0.872 e. The van der Waals surface area contributed by atoms with Gasteiger partial charge < -0.3 is 14.6 Å². The van der Waals surface area contributed by atoms with Crippen LogP contribution < -0.4 is 39.4 Å². The molecular weight excluding hydrogens is 219 g/mol. The van der Waals surface area contributed by atoms with Crippen molar-refractivity contribution in [1.82, 2.24) is 0 Å². The quantitative estimate of drug-likeness (QED) is 0.251. The van der Waals surface area contributed by atoms with Crippen LogP contribution >= 0.6 is 0 Å². The average Bonchev–Trinajstić information content (AvgIpc) is 2.29. The molecule has 0 aliphatic carbocycles. The average molecular weight is 230 g/mol. The van der Waals surface area contributed by atoms with E-state index in [2.05, 4.69) is 4.74 Å². The standard InChI is InChI=1S/C11H12O4.Na/c1-14-9-5-3-8(4-6-9)10(12)7-11(13)15-2;/h3-7,12H,1-2H3;/q;+1/p-1/b10-7-;. The summed E-state index contributed by atoms with van der Waals surface area (Å²) in [6, 6.07) is 6.47. The third-order valence-corrected chi connectivity index (χ3v) is 1.82. The van der Waals surface area contributed by atoms with Crippen LogP contribution in [0.15, 0.2) is 30.3 Å². The number of carbonyl (C=O) groups is 1. The largest absolute Gasteiger partial charge is 1.00 e. The maximum absolute atomic E-state index is 11.4. The molecule has 0 saturated carbocycles. The van der Waals surface area contributed by atoms with Gasteiger partial charge in [-0.1, -0.05) is 17.9 Å². The van der Waals surface area contributed by atoms with Crippen molar-refractivity contribution < 1.29 is 48.9 Å². The van der Waals surface area contributed by atoms with E-state index in [9.17, 15) is 9.90 Å². The van der Waals surface area contributed by atoms with Gasteiger partial charge in [-0.3, -0.25) is 0 Å². The van der Waals surface area contributed by atoms with Crippen LogP contribution in [0.4, 0.5) is 0 Å². The summed E-state index contributed by atoms with van der Waals surface area (Å²) >= 11 is 0. The zero-order valence-corrected chi connectivity index (χ0v) is 11.5. The van der Waals surface area contributed by atoms with Crippen molar-refractivity contribution in [3.63, 3.8) is 0 Å². The SMILES string of the molecule is COC(=O)/C=C(\[O-])c1ccc(OC)cc1.[Na+]. The Morgan fingerprint density at radius 1 is 1.25 bits per heavy atom. The summed E-state index contributed by atoms with van der Waals surface area (Å²) in [4.78, 5) is 10.8. The zero-order chi connectivity index (χ0) is 11.3. The first-order chi connectivity index (χ1) is 7.17. The monoisotopic (exact) mass is 230 g/mol. The minimum absolute atomic E-state index is 0. The summed E-state index contributed by atoms with van der Waals surface area (Å²) in [5.41, 5.74) is 0.418. The fourth-order valence-corrected chi connectivity index (χ4v) is 1.00. The van der Waals surface area contributed by atoms with E-state index in [-0.39, 0.29) is 35.3 Å². The van der Waals surface area contributed by atoms with E-state index in [0.717, 1.165) is 6.08 Å². The summed E-state index contributed by atoms with van der Waals surface area (Å²) in [5.74, 6) is -0.384. The first-order valence-corrected chi connectivity index (χ1v) is 4.28. The Kier molecular flexibility index (Phi) is 6.88. The van der Waals surface area contributed by atoms with Gasteiger partial charge in [0.1, 0.15) is 5.75 Å². The number of carbonyl (C=O) groups excluding carboxylic acids is 1. The van der Waals surface area contributed by atoms with Crippen molar-refractivity contribution in [3.8, 4) is 5.75 Å². The molecule has 5 heteroatoms. The fourth-order valence-electron chi connectivity index (χ4n) is 1.00. The smallest absolute Gasteiger partial charge is 0.872 e. The number of hydrogen-bond acceptors (Lipinski definition) is 4. The predicted octanol–water partition coefficient (Wildman–Crippen LogP) is -2.43. The Balaban J connectivity index is 0.00000225. The van der Waals surface area contributed by atoms with Crippen LogP contribution in [-0.2, 0) is 9.53 Å². The molecule has 0 N–H and O–H groups in total. The first kappa shape index (κ1) is 15.0. The van der Waals surface area contributed by atoms with Crippen molar-refractivity contribution >= 4 is 11.7 Å². The normalized spacial score (nSPS) is 10.2. The summed E-state index contributed by atoms with van der Waals surface area (Å²) < 4.78 is 9.29. The van der Waals surface area contributed by atoms with Crippen LogP contribution in [0.2, 0.25) is 0 Å². The van der Waals surface area contributed by atoms with Crippen LogP contribution in [0, 0.1) is 0 Å². The molecule has 1 rings (SSSR count). The zero-order valence-electron chi connectivity index (χ0n) is 9.52. The van der Waals surface area contributed by atoms with E-state index < -0.39 is 5.97 Å². The van der Waals surface area contributed by atoms with Crippen LogP contribution in [0.1, 0.15) is 5.56 Å². The van der Waals surface area contributed by atoms with Gasteiger partial charge in [-0.2, -0.15) is 0 Å². The molecule has 0 amide bonds. The van der Waals surface area contributed by atoms with Gasteiger partial charge in [0.2, 0.25) is 0 Å². The number of rotatable bonds is 3. The molecule has 80 valence electrons. The number of benzene rings is 1. The number of esters is 1. The molecule has 0 atom stereocenters. The molecule has 0 spiro atoms. The number of ether oxygens (including phenoxy) is 2. The summed E-state index contributed by atoms with van der Waals surface area (Å²) in [6.45, 7) is 0. The molecule has 0 saturated heterocycles. The molecule has 1 aromatic rings. The number of hydrogen-bond donors (Lipinski definition) is 0. The molecule has 0 fully saturated rings. The predicted molar refractivity (Wildman–Crippen MR) is 53.0 cm³/mol. The Bertz CT molecular complexity index is 370. The molecule has 0 radical (unpaired) electrons. The molecule has 0 aliphatic heterocycles. The van der Waals surface area contributed by atoms with Crippen molar-refractivity contribution in [2.45, 2.75) is 0 Å². The van der Waals surface area contributed by atoms with Crippen LogP contribution in [0.5, 0.6) is 5.75 Å². The van der Waals surface area contributed by atoms with Gasteiger partial charge in [0, 0.05) is 6.08 Å². The van der Waals surface area contributed by atoms with E-state index in [1.807, 2.05) is 0 Å². The third-order valence-electron chi connectivity index (χ3n) is 1.82. The molecule has 16 heavy (non-hydrogen) atoms. The van der Waals surface area contributed by atoms with E-state index in [0.29, 0.717) is 11.3 Å². The van der Waals surface area contributed by atoms with Gasteiger partial charge >= 0.3 is 35.5 Å². The molecule has 0 heterocycles. The van der Waals surface area contributed by atoms with E-state index in [4.69, 9.17) is 4.74 Å². The molecule has 0 bridgehead atoms. The van der Waals surface area contributed by atoms with Gasteiger partial charge in [-0.05, 0) is 17.7 Å². The van der Waals surface area contributed by atoms with Crippen molar-refractivity contribution in [2.24, 2.45) is 0 Å². The summed E-state index contributed by atoms with van der Waals surface area (Å²) in [5, 5.41) is 11.4. The van der Waals surface area contributed by atoms with Gasteiger partial charge in [0.15, 0.2) is 0 Å². The van der Waals surface area contributed by atoms with Crippen LogP contribution in [-0.4, -0.2) is 20.2 Å². The Morgan fingerprint density at radius 3 is 2.25 bits per heavy atom. The third kappa shape index (κ3) is 4.26. The maximum Gasteiger partial charge on any atom is 1.00 e. The molecule has 4 nitrogen and oxygen atoms in total. The van der Waals surface area contributed by atoms with E-state index in [1.165, 1.54) is 14.2 Å². The summed E-state index contributed by atoms with van der Waals surface area (Å²) in [7, 11) is 2.76. The van der Waals surface area contributed by atoms with Crippen molar-refractivity contribution in [1.29, 1.82) is 0 Å².